The van der Waals surface area contributed by atoms with Gasteiger partial charge in [0.1, 0.15) is 5.75 Å². The second kappa shape index (κ2) is 5.45. The number of ketones is 1. The van der Waals surface area contributed by atoms with Crippen molar-refractivity contribution >= 4 is 16.7 Å². The van der Waals surface area contributed by atoms with E-state index in [2.05, 4.69) is 10.3 Å². The molecule has 4 heteroatoms. The smallest absolute Gasteiger partial charge is 0.178 e. The van der Waals surface area contributed by atoms with Crippen molar-refractivity contribution in [2.24, 2.45) is 0 Å². The number of aromatic amines is 1. The second-order valence-electron chi connectivity index (χ2n) is 5.03. The van der Waals surface area contributed by atoms with Gasteiger partial charge in [0, 0.05) is 28.7 Å². The Balaban J connectivity index is 2.38. The molecular formula is C15H20N2O2. The zero-order chi connectivity index (χ0) is 14.0. The lowest BCUT2D eigenvalue weighted by Gasteiger charge is -2.07. The fourth-order valence-electron chi connectivity index (χ4n) is 2.12. The summed E-state index contributed by atoms with van der Waals surface area (Å²) < 4.78 is 5.26. The summed E-state index contributed by atoms with van der Waals surface area (Å²) >= 11 is 0. The molecule has 0 unspecified atom stereocenters. The number of nitrogens with one attached hydrogen (secondary N) is 2. The SMILES string of the molecule is COc1cc(C)c2[nH]cc(C(=O)CNC(C)C)c2c1. The lowest BCUT2D eigenvalue weighted by Crippen LogP contribution is -2.29. The van der Waals surface area contributed by atoms with E-state index in [1.54, 1.807) is 13.3 Å². The van der Waals surface area contributed by atoms with Crippen molar-refractivity contribution in [3.05, 3.63) is 29.5 Å². The molecule has 2 rings (SSSR count). The van der Waals surface area contributed by atoms with E-state index >= 15 is 0 Å². The van der Waals surface area contributed by atoms with E-state index in [-0.39, 0.29) is 5.78 Å². The van der Waals surface area contributed by atoms with Crippen molar-refractivity contribution < 1.29 is 9.53 Å². The minimum atomic E-state index is 0.0904. The fraction of sp³-hybridized carbons (Fsp3) is 0.400. The Morgan fingerprint density at radius 3 is 2.79 bits per heavy atom. The van der Waals surface area contributed by atoms with Crippen LogP contribution in [0.15, 0.2) is 18.3 Å². The van der Waals surface area contributed by atoms with Gasteiger partial charge in [0.05, 0.1) is 13.7 Å². The molecule has 0 radical (unpaired) electrons. The molecule has 0 atom stereocenters. The molecule has 0 aliphatic heterocycles. The highest BCUT2D eigenvalue weighted by atomic mass is 16.5. The van der Waals surface area contributed by atoms with Gasteiger partial charge in [-0.05, 0) is 24.6 Å². The van der Waals surface area contributed by atoms with Crippen LogP contribution in [-0.2, 0) is 0 Å². The summed E-state index contributed by atoms with van der Waals surface area (Å²) in [7, 11) is 1.63. The zero-order valence-electron chi connectivity index (χ0n) is 11.8. The van der Waals surface area contributed by atoms with E-state index in [9.17, 15) is 4.79 Å². The van der Waals surface area contributed by atoms with Crippen molar-refractivity contribution in [1.29, 1.82) is 0 Å². The average molecular weight is 260 g/mol. The Morgan fingerprint density at radius 1 is 1.42 bits per heavy atom. The normalized spacial score (nSPS) is 11.2. The number of ether oxygens (including phenoxy) is 1. The lowest BCUT2D eigenvalue weighted by atomic mass is 10.1. The van der Waals surface area contributed by atoms with Gasteiger partial charge >= 0.3 is 0 Å². The number of Topliss-reactive ketones (excluding diaryl/α,β-unsaturated/α-hetero) is 1. The molecule has 1 heterocycles. The summed E-state index contributed by atoms with van der Waals surface area (Å²) in [6, 6.07) is 4.16. The van der Waals surface area contributed by atoms with Gasteiger partial charge in [0.25, 0.3) is 0 Å². The monoisotopic (exact) mass is 260 g/mol. The third-order valence-corrected chi connectivity index (χ3v) is 3.17. The van der Waals surface area contributed by atoms with Gasteiger partial charge in [-0.1, -0.05) is 13.8 Å². The third-order valence-electron chi connectivity index (χ3n) is 3.17. The number of hydrogen-bond donors (Lipinski definition) is 2. The van der Waals surface area contributed by atoms with Gasteiger partial charge in [-0.15, -0.1) is 0 Å². The minimum absolute atomic E-state index is 0.0904. The van der Waals surface area contributed by atoms with Crippen LogP contribution in [0, 0.1) is 6.92 Å². The van der Waals surface area contributed by atoms with Gasteiger partial charge in [-0.25, -0.2) is 0 Å². The standard InChI is InChI=1S/C15H20N2O2/c1-9(2)16-8-14(18)13-7-17-15-10(3)5-11(19-4)6-12(13)15/h5-7,9,16-17H,8H2,1-4H3. The topological polar surface area (TPSA) is 54.1 Å². The zero-order valence-corrected chi connectivity index (χ0v) is 11.8. The van der Waals surface area contributed by atoms with Crippen LogP contribution in [0.3, 0.4) is 0 Å². The molecule has 0 amide bonds. The first-order valence-electron chi connectivity index (χ1n) is 6.45. The van der Waals surface area contributed by atoms with Crippen LogP contribution in [0.25, 0.3) is 10.9 Å². The molecule has 0 fully saturated rings. The molecule has 0 aliphatic carbocycles. The number of aryl methyl sites for hydroxylation is 1. The van der Waals surface area contributed by atoms with Crippen LogP contribution in [0.2, 0.25) is 0 Å². The summed E-state index contributed by atoms with van der Waals surface area (Å²) in [6.45, 7) is 6.40. The lowest BCUT2D eigenvalue weighted by molar-refractivity contribution is 0.0990. The number of methoxy groups -OCH3 is 1. The number of carbonyl (C=O) groups is 1. The van der Waals surface area contributed by atoms with Gasteiger partial charge in [-0.3, -0.25) is 4.79 Å². The Hall–Kier alpha value is -1.81. The highest BCUT2D eigenvalue weighted by Crippen LogP contribution is 2.27. The molecule has 1 aromatic heterocycles. The van der Waals surface area contributed by atoms with Crippen molar-refractivity contribution in [1.82, 2.24) is 10.3 Å². The van der Waals surface area contributed by atoms with Crippen LogP contribution in [0.5, 0.6) is 5.75 Å². The Labute approximate surface area is 113 Å². The highest BCUT2D eigenvalue weighted by Gasteiger charge is 2.14. The van der Waals surface area contributed by atoms with E-state index < -0.39 is 0 Å². The molecule has 2 aromatic rings. The van der Waals surface area contributed by atoms with E-state index in [1.807, 2.05) is 32.9 Å². The van der Waals surface area contributed by atoms with E-state index in [1.165, 1.54) is 0 Å². The molecule has 0 aliphatic rings. The number of H-pyrrole nitrogens is 1. The molecule has 102 valence electrons. The Bertz CT molecular complexity index is 599. The van der Waals surface area contributed by atoms with Gasteiger partial charge in [-0.2, -0.15) is 0 Å². The maximum absolute atomic E-state index is 12.2. The average Bonchev–Trinajstić information content (AvgIpc) is 2.80. The van der Waals surface area contributed by atoms with E-state index in [0.29, 0.717) is 18.2 Å². The molecule has 2 N–H and O–H groups in total. The first kappa shape index (κ1) is 13.6. The molecule has 0 saturated carbocycles. The molecule has 0 saturated heterocycles. The van der Waals surface area contributed by atoms with Crippen molar-refractivity contribution in [3.63, 3.8) is 0 Å². The summed E-state index contributed by atoms with van der Waals surface area (Å²) in [5, 5.41) is 4.07. The number of hydrogen-bond acceptors (Lipinski definition) is 3. The molecule has 0 spiro atoms. The largest absolute Gasteiger partial charge is 0.497 e. The first-order valence-corrected chi connectivity index (χ1v) is 6.45. The summed E-state index contributed by atoms with van der Waals surface area (Å²) in [6.07, 6.45) is 1.78. The van der Waals surface area contributed by atoms with Gasteiger partial charge in [0.15, 0.2) is 5.78 Å². The van der Waals surface area contributed by atoms with Crippen LogP contribution in [-0.4, -0.2) is 30.5 Å². The van der Waals surface area contributed by atoms with Gasteiger partial charge in [0.2, 0.25) is 0 Å². The van der Waals surface area contributed by atoms with E-state index in [0.717, 1.165) is 22.2 Å². The summed E-state index contributed by atoms with van der Waals surface area (Å²) in [5.41, 5.74) is 2.78. The molecule has 19 heavy (non-hydrogen) atoms. The van der Waals surface area contributed by atoms with Crippen LogP contribution in [0.4, 0.5) is 0 Å². The number of benzene rings is 1. The highest BCUT2D eigenvalue weighted by molar-refractivity contribution is 6.09. The predicted octanol–water partition coefficient (Wildman–Crippen LogP) is 2.67. The Morgan fingerprint density at radius 2 is 2.16 bits per heavy atom. The third kappa shape index (κ3) is 2.79. The van der Waals surface area contributed by atoms with Crippen molar-refractivity contribution in [2.75, 3.05) is 13.7 Å². The van der Waals surface area contributed by atoms with Crippen LogP contribution in [0.1, 0.15) is 29.8 Å². The molecule has 4 nitrogen and oxygen atoms in total. The number of rotatable bonds is 5. The molecule has 1 aromatic carbocycles. The summed E-state index contributed by atoms with van der Waals surface area (Å²) in [5.74, 6) is 0.864. The van der Waals surface area contributed by atoms with Crippen LogP contribution < -0.4 is 10.1 Å². The first-order chi connectivity index (χ1) is 9.02. The molecular weight excluding hydrogens is 240 g/mol. The maximum atomic E-state index is 12.2. The quantitative estimate of drug-likeness (QED) is 0.813. The number of carbonyl (C=O) groups excluding carboxylic acids is 1. The number of fused-ring (bicyclic) bond motifs is 1. The molecule has 0 bridgehead atoms. The van der Waals surface area contributed by atoms with Crippen molar-refractivity contribution in [3.8, 4) is 5.75 Å². The maximum Gasteiger partial charge on any atom is 0.178 e. The predicted molar refractivity (Wildman–Crippen MR) is 77.1 cm³/mol. The second-order valence-corrected chi connectivity index (χ2v) is 5.03. The van der Waals surface area contributed by atoms with Crippen LogP contribution >= 0.6 is 0 Å². The van der Waals surface area contributed by atoms with Gasteiger partial charge < -0.3 is 15.0 Å². The van der Waals surface area contributed by atoms with E-state index in [4.69, 9.17) is 4.74 Å². The number of aromatic nitrogens is 1. The Kier molecular flexibility index (Phi) is 3.90. The minimum Gasteiger partial charge on any atom is -0.497 e. The summed E-state index contributed by atoms with van der Waals surface area (Å²) in [4.78, 5) is 15.4. The van der Waals surface area contributed by atoms with Crippen molar-refractivity contribution in [2.45, 2.75) is 26.8 Å². The fourth-order valence-corrected chi connectivity index (χ4v) is 2.12.